The number of nitrogens with zero attached hydrogens (tertiary/aromatic N) is 2. The van der Waals surface area contributed by atoms with Gasteiger partial charge in [-0.25, -0.2) is 0 Å². The van der Waals surface area contributed by atoms with E-state index in [1.807, 2.05) is 6.07 Å². The molecule has 2 aromatic carbocycles. The van der Waals surface area contributed by atoms with Crippen molar-refractivity contribution in [1.29, 1.82) is 0 Å². The molecule has 2 aliphatic heterocycles. The summed E-state index contributed by atoms with van der Waals surface area (Å²) in [7, 11) is 0. The summed E-state index contributed by atoms with van der Waals surface area (Å²) in [4.78, 5) is 5.35. The van der Waals surface area contributed by atoms with Crippen molar-refractivity contribution in [1.82, 2.24) is 9.80 Å². The number of furan rings is 1. The third-order valence-corrected chi connectivity index (χ3v) is 7.13. The van der Waals surface area contributed by atoms with E-state index in [0.717, 1.165) is 44.9 Å². The van der Waals surface area contributed by atoms with Crippen molar-refractivity contribution >= 4 is 0 Å². The molecule has 0 amide bonds. The minimum atomic E-state index is 0.601. The summed E-state index contributed by atoms with van der Waals surface area (Å²) >= 11 is 0. The topological polar surface area (TPSA) is 19.6 Å². The Hall–Kier alpha value is -2.36. The van der Waals surface area contributed by atoms with Crippen molar-refractivity contribution in [3.05, 3.63) is 95.4 Å². The Labute approximate surface area is 180 Å². The number of hydrogen-bond donors (Lipinski definition) is 0. The largest absolute Gasteiger partial charge is 0.468 e. The number of rotatable bonds is 6. The molecule has 2 aliphatic rings. The van der Waals surface area contributed by atoms with Gasteiger partial charge in [0.05, 0.1) is 12.8 Å². The van der Waals surface area contributed by atoms with Crippen LogP contribution in [0.5, 0.6) is 0 Å². The average Bonchev–Trinajstić information content (AvgIpc) is 3.43. The lowest BCUT2D eigenvalue weighted by Gasteiger charge is -2.39. The van der Waals surface area contributed by atoms with E-state index in [0.29, 0.717) is 17.9 Å². The molecule has 0 saturated carbocycles. The Morgan fingerprint density at radius 3 is 2.43 bits per heavy atom. The SMILES string of the molecule is CCc1ccc([C@@H]2CN(Cc3ccccc3)[C@H]3CCN(Cc4ccco4)C[C@@H]23)cc1. The van der Waals surface area contributed by atoms with Crippen molar-refractivity contribution in [2.45, 2.75) is 44.8 Å². The summed E-state index contributed by atoms with van der Waals surface area (Å²) < 4.78 is 5.63. The smallest absolute Gasteiger partial charge is 0.117 e. The van der Waals surface area contributed by atoms with E-state index in [-0.39, 0.29) is 0 Å². The zero-order chi connectivity index (χ0) is 20.3. The van der Waals surface area contributed by atoms with E-state index in [4.69, 9.17) is 4.42 Å². The summed E-state index contributed by atoms with van der Waals surface area (Å²) in [5.41, 5.74) is 4.37. The molecule has 5 rings (SSSR count). The van der Waals surface area contributed by atoms with Gasteiger partial charge in [0.2, 0.25) is 0 Å². The van der Waals surface area contributed by atoms with Crippen LogP contribution in [0.2, 0.25) is 0 Å². The minimum absolute atomic E-state index is 0.601. The molecule has 156 valence electrons. The standard InChI is InChI=1S/C27H32N2O/c1-2-21-10-12-23(13-11-21)25-20-29(17-22-7-4-3-5-8-22)27-14-15-28(19-26(25)27)18-24-9-6-16-30-24/h3-13,16,25-27H,2,14-15,17-20H2,1H3/t25-,26-,27-/m0/s1. The van der Waals surface area contributed by atoms with Gasteiger partial charge in [0.15, 0.2) is 0 Å². The number of fused-ring (bicyclic) bond motifs is 1. The number of piperidine rings is 1. The fraction of sp³-hybridized carbons (Fsp3) is 0.407. The Balaban J connectivity index is 1.38. The third-order valence-electron chi connectivity index (χ3n) is 7.13. The highest BCUT2D eigenvalue weighted by molar-refractivity contribution is 5.29. The number of hydrogen-bond acceptors (Lipinski definition) is 3. The molecule has 3 aromatic rings. The Kier molecular flexibility index (Phi) is 5.74. The summed E-state index contributed by atoms with van der Waals surface area (Å²) in [6, 6.07) is 25.2. The fourth-order valence-electron chi connectivity index (χ4n) is 5.53. The van der Waals surface area contributed by atoms with Gasteiger partial charge in [-0.2, -0.15) is 0 Å². The van der Waals surface area contributed by atoms with E-state index in [1.165, 1.54) is 23.1 Å². The van der Waals surface area contributed by atoms with Crippen LogP contribution in [-0.4, -0.2) is 35.5 Å². The summed E-state index contributed by atoms with van der Waals surface area (Å²) in [6.45, 7) is 7.67. The number of aryl methyl sites for hydroxylation is 1. The van der Waals surface area contributed by atoms with Crippen LogP contribution < -0.4 is 0 Å². The van der Waals surface area contributed by atoms with Crippen LogP contribution in [0.15, 0.2) is 77.4 Å². The first-order valence-corrected chi connectivity index (χ1v) is 11.4. The highest BCUT2D eigenvalue weighted by atomic mass is 16.3. The molecule has 1 aromatic heterocycles. The second-order valence-corrected chi connectivity index (χ2v) is 8.95. The van der Waals surface area contributed by atoms with Crippen LogP contribution in [0.25, 0.3) is 0 Å². The Morgan fingerprint density at radius 2 is 1.70 bits per heavy atom. The molecule has 0 spiro atoms. The predicted molar refractivity (Wildman–Crippen MR) is 121 cm³/mol. The first-order chi connectivity index (χ1) is 14.8. The molecule has 3 nitrogen and oxygen atoms in total. The quantitative estimate of drug-likeness (QED) is 0.557. The highest BCUT2D eigenvalue weighted by Crippen LogP contribution is 2.42. The maximum absolute atomic E-state index is 5.63. The fourth-order valence-corrected chi connectivity index (χ4v) is 5.53. The van der Waals surface area contributed by atoms with Gasteiger partial charge in [0, 0.05) is 38.1 Å². The van der Waals surface area contributed by atoms with Crippen molar-refractivity contribution in [2.75, 3.05) is 19.6 Å². The molecular weight excluding hydrogens is 368 g/mol. The van der Waals surface area contributed by atoms with E-state index >= 15 is 0 Å². The molecule has 0 aliphatic carbocycles. The normalized spacial score (nSPS) is 24.8. The molecular formula is C27H32N2O. The van der Waals surface area contributed by atoms with Crippen LogP contribution >= 0.6 is 0 Å². The molecule has 30 heavy (non-hydrogen) atoms. The first-order valence-electron chi connectivity index (χ1n) is 11.4. The maximum atomic E-state index is 5.63. The zero-order valence-electron chi connectivity index (χ0n) is 17.9. The van der Waals surface area contributed by atoms with E-state index in [1.54, 1.807) is 6.26 Å². The van der Waals surface area contributed by atoms with Gasteiger partial charge in [0.1, 0.15) is 5.76 Å². The molecule has 0 unspecified atom stereocenters. The maximum Gasteiger partial charge on any atom is 0.117 e. The lowest BCUT2D eigenvalue weighted by molar-refractivity contribution is 0.0958. The van der Waals surface area contributed by atoms with E-state index in [2.05, 4.69) is 77.4 Å². The van der Waals surface area contributed by atoms with Crippen LogP contribution in [-0.2, 0) is 19.5 Å². The Morgan fingerprint density at radius 1 is 0.867 bits per heavy atom. The first kappa shape index (κ1) is 19.6. The van der Waals surface area contributed by atoms with E-state index in [9.17, 15) is 0 Å². The third kappa shape index (κ3) is 4.10. The summed E-state index contributed by atoms with van der Waals surface area (Å²) in [6.07, 6.45) is 4.13. The zero-order valence-corrected chi connectivity index (χ0v) is 17.9. The second-order valence-electron chi connectivity index (χ2n) is 8.95. The van der Waals surface area contributed by atoms with Crippen molar-refractivity contribution in [3.63, 3.8) is 0 Å². The van der Waals surface area contributed by atoms with Gasteiger partial charge in [-0.3, -0.25) is 9.80 Å². The average molecular weight is 401 g/mol. The summed E-state index contributed by atoms with van der Waals surface area (Å²) in [5.74, 6) is 2.35. The van der Waals surface area contributed by atoms with Gasteiger partial charge >= 0.3 is 0 Å². The van der Waals surface area contributed by atoms with Crippen LogP contribution in [0.3, 0.4) is 0 Å². The number of likely N-dealkylation sites (tertiary alicyclic amines) is 2. The molecule has 3 heterocycles. The molecule has 2 fully saturated rings. The lowest BCUT2D eigenvalue weighted by atomic mass is 9.81. The lowest BCUT2D eigenvalue weighted by Crippen LogP contribution is -2.45. The Bertz CT molecular complexity index is 919. The van der Waals surface area contributed by atoms with Crippen LogP contribution in [0.4, 0.5) is 0 Å². The molecule has 3 atom stereocenters. The summed E-state index contributed by atoms with van der Waals surface area (Å²) in [5, 5.41) is 0. The van der Waals surface area contributed by atoms with Gasteiger partial charge in [0.25, 0.3) is 0 Å². The van der Waals surface area contributed by atoms with E-state index < -0.39 is 0 Å². The van der Waals surface area contributed by atoms with Gasteiger partial charge in [-0.05, 0) is 47.6 Å². The second kappa shape index (κ2) is 8.79. The van der Waals surface area contributed by atoms with Crippen molar-refractivity contribution in [2.24, 2.45) is 5.92 Å². The van der Waals surface area contributed by atoms with Gasteiger partial charge in [-0.15, -0.1) is 0 Å². The molecule has 2 saturated heterocycles. The van der Waals surface area contributed by atoms with Crippen molar-refractivity contribution in [3.8, 4) is 0 Å². The number of benzene rings is 2. The van der Waals surface area contributed by atoms with Crippen LogP contribution in [0.1, 0.15) is 41.7 Å². The highest BCUT2D eigenvalue weighted by Gasteiger charge is 2.44. The molecule has 0 N–H and O–H groups in total. The van der Waals surface area contributed by atoms with Gasteiger partial charge < -0.3 is 4.42 Å². The molecule has 3 heteroatoms. The molecule has 0 bridgehead atoms. The molecule has 0 radical (unpaired) electrons. The van der Waals surface area contributed by atoms with Crippen molar-refractivity contribution < 1.29 is 4.42 Å². The van der Waals surface area contributed by atoms with Crippen LogP contribution in [0, 0.1) is 5.92 Å². The van der Waals surface area contributed by atoms with Gasteiger partial charge in [-0.1, -0.05) is 61.5 Å². The predicted octanol–water partition coefficient (Wildman–Crippen LogP) is 5.33. The monoisotopic (exact) mass is 400 g/mol. The minimum Gasteiger partial charge on any atom is -0.468 e.